The van der Waals surface area contributed by atoms with Crippen LogP contribution in [0, 0.1) is 5.41 Å². The van der Waals surface area contributed by atoms with Crippen LogP contribution in [0.2, 0.25) is 0 Å². The zero-order valence-corrected chi connectivity index (χ0v) is 11.8. The molecule has 0 aliphatic heterocycles. The first-order valence-electron chi connectivity index (χ1n) is 6.52. The molecule has 2 nitrogen and oxygen atoms in total. The highest BCUT2D eigenvalue weighted by Gasteiger charge is 2.48. The summed E-state index contributed by atoms with van der Waals surface area (Å²) in [5, 5.41) is 5.66. The van der Waals surface area contributed by atoms with Crippen molar-refractivity contribution in [2.24, 2.45) is 5.41 Å². The molecule has 0 radical (unpaired) electrons. The molecule has 0 bridgehead atoms. The molecule has 2 unspecified atom stereocenters. The minimum absolute atomic E-state index is 0.283. The number of thiophene rings is 1. The van der Waals surface area contributed by atoms with E-state index in [1.54, 1.807) is 0 Å². The first-order valence-corrected chi connectivity index (χ1v) is 7.40. The van der Waals surface area contributed by atoms with Crippen LogP contribution in [0.25, 0.3) is 0 Å². The van der Waals surface area contributed by atoms with Gasteiger partial charge in [0.2, 0.25) is 0 Å². The normalized spacial score (nSPS) is 26.8. The number of rotatable bonds is 6. The van der Waals surface area contributed by atoms with Crippen LogP contribution in [-0.4, -0.2) is 25.3 Å². The molecule has 0 saturated heterocycles. The van der Waals surface area contributed by atoms with Crippen LogP contribution < -0.4 is 5.32 Å². The third-order valence-electron chi connectivity index (χ3n) is 3.88. The van der Waals surface area contributed by atoms with Crippen molar-refractivity contribution in [1.82, 2.24) is 5.32 Å². The van der Waals surface area contributed by atoms with Crippen molar-refractivity contribution in [3.63, 3.8) is 0 Å². The van der Waals surface area contributed by atoms with E-state index in [0.29, 0.717) is 12.1 Å². The Morgan fingerprint density at radius 1 is 1.53 bits per heavy atom. The van der Waals surface area contributed by atoms with Crippen LogP contribution in [0.4, 0.5) is 0 Å². The molecule has 0 aromatic carbocycles. The van der Waals surface area contributed by atoms with Gasteiger partial charge in [-0.3, -0.25) is 0 Å². The van der Waals surface area contributed by atoms with Crippen molar-refractivity contribution in [1.29, 1.82) is 0 Å². The Labute approximate surface area is 108 Å². The summed E-state index contributed by atoms with van der Waals surface area (Å²) in [4.78, 5) is 1.42. The quantitative estimate of drug-likeness (QED) is 0.841. The zero-order chi connectivity index (χ0) is 12.3. The van der Waals surface area contributed by atoms with E-state index in [0.717, 1.165) is 26.0 Å². The molecule has 17 heavy (non-hydrogen) atoms. The van der Waals surface area contributed by atoms with Crippen molar-refractivity contribution >= 4 is 11.3 Å². The maximum absolute atomic E-state index is 6.01. The van der Waals surface area contributed by atoms with E-state index in [1.165, 1.54) is 4.88 Å². The van der Waals surface area contributed by atoms with Gasteiger partial charge in [-0.05, 0) is 24.4 Å². The predicted molar refractivity (Wildman–Crippen MR) is 73.6 cm³/mol. The Morgan fingerprint density at radius 2 is 2.35 bits per heavy atom. The van der Waals surface area contributed by atoms with Gasteiger partial charge in [0, 0.05) is 22.8 Å². The fourth-order valence-electron chi connectivity index (χ4n) is 2.52. The van der Waals surface area contributed by atoms with Crippen molar-refractivity contribution in [3.8, 4) is 0 Å². The van der Waals surface area contributed by atoms with Gasteiger partial charge in [0.15, 0.2) is 0 Å². The summed E-state index contributed by atoms with van der Waals surface area (Å²) in [5.41, 5.74) is 0.283. The van der Waals surface area contributed by atoms with Crippen LogP contribution in [-0.2, 0) is 11.2 Å². The molecule has 1 fully saturated rings. The smallest absolute Gasteiger partial charge is 0.0656 e. The molecule has 1 aromatic rings. The van der Waals surface area contributed by atoms with E-state index < -0.39 is 0 Å². The van der Waals surface area contributed by atoms with Crippen LogP contribution in [0.5, 0.6) is 0 Å². The van der Waals surface area contributed by atoms with E-state index in [-0.39, 0.29) is 5.41 Å². The summed E-state index contributed by atoms with van der Waals surface area (Å²) >= 11 is 1.82. The van der Waals surface area contributed by atoms with Gasteiger partial charge in [-0.25, -0.2) is 0 Å². The molecule has 1 aromatic heterocycles. The summed E-state index contributed by atoms with van der Waals surface area (Å²) in [5.74, 6) is 0. The summed E-state index contributed by atoms with van der Waals surface area (Å²) in [7, 11) is 0. The van der Waals surface area contributed by atoms with Crippen LogP contribution >= 0.6 is 11.3 Å². The molecule has 1 aliphatic carbocycles. The van der Waals surface area contributed by atoms with Crippen LogP contribution in [0.3, 0.4) is 0 Å². The molecule has 2 rings (SSSR count). The Morgan fingerprint density at radius 3 is 2.94 bits per heavy atom. The average molecular weight is 253 g/mol. The molecular weight excluding hydrogens is 230 g/mol. The van der Waals surface area contributed by atoms with Crippen LogP contribution in [0.15, 0.2) is 17.5 Å². The van der Waals surface area contributed by atoms with Gasteiger partial charge in [-0.1, -0.05) is 26.8 Å². The summed E-state index contributed by atoms with van der Waals surface area (Å²) < 4.78 is 6.01. The van der Waals surface area contributed by atoms with Gasteiger partial charge >= 0.3 is 0 Å². The third kappa shape index (κ3) is 2.90. The van der Waals surface area contributed by atoms with E-state index in [4.69, 9.17) is 4.74 Å². The SMILES string of the molecule is CCNC1CC(OCCc2cccs2)C1(C)C. The van der Waals surface area contributed by atoms with Crippen molar-refractivity contribution in [2.75, 3.05) is 13.2 Å². The number of ether oxygens (including phenoxy) is 1. The Balaban J connectivity index is 1.71. The first kappa shape index (κ1) is 13.1. The van der Waals surface area contributed by atoms with Gasteiger partial charge in [-0.2, -0.15) is 0 Å². The molecule has 96 valence electrons. The molecule has 1 saturated carbocycles. The van der Waals surface area contributed by atoms with E-state index in [2.05, 4.69) is 43.6 Å². The van der Waals surface area contributed by atoms with E-state index in [9.17, 15) is 0 Å². The molecule has 1 N–H and O–H groups in total. The molecule has 2 atom stereocenters. The minimum atomic E-state index is 0.283. The van der Waals surface area contributed by atoms with Gasteiger partial charge in [0.05, 0.1) is 12.7 Å². The highest BCUT2D eigenvalue weighted by Crippen LogP contribution is 2.42. The minimum Gasteiger partial charge on any atom is -0.377 e. The zero-order valence-electron chi connectivity index (χ0n) is 11.0. The molecular formula is C14H23NOS. The average Bonchev–Trinajstić information content (AvgIpc) is 2.80. The lowest BCUT2D eigenvalue weighted by Crippen LogP contribution is -2.60. The van der Waals surface area contributed by atoms with Gasteiger partial charge < -0.3 is 10.1 Å². The summed E-state index contributed by atoms with van der Waals surface area (Å²) in [6.45, 7) is 8.68. The fraction of sp³-hybridized carbons (Fsp3) is 0.714. The van der Waals surface area contributed by atoms with Gasteiger partial charge in [0.25, 0.3) is 0 Å². The first-order chi connectivity index (χ1) is 8.14. The van der Waals surface area contributed by atoms with Gasteiger partial charge in [-0.15, -0.1) is 11.3 Å². The van der Waals surface area contributed by atoms with Crippen molar-refractivity contribution in [3.05, 3.63) is 22.4 Å². The Kier molecular flexibility index (Phi) is 4.23. The standard InChI is InChI=1S/C14H23NOS/c1-4-15-12-10-13(14(12,2)3)16-8-7-11-6-5-9-17-11/h5-6,9,12-13,15H,4,7-8,10H2,1-3H3. The number of hydrogen-bond acceptors (Lipinski definition) is 3. The Hall–Kier alpha value is -0.380. The molecule has 0 spiro atoms. The number of hydrogen-bond donors (Lipinski definition) is 1. The lowest BCUT2D eigenvalue weighted by atomic mass is 9.64. The highest BCUT2D eigenvalue weighted by molar-refractivity contribution is 7.09. The fourth-order valence-corrected chi connectivity index (χ4v) is 3.21. The highest BCUT2D eigenvalue weighted by atomic mass is 32.1. The Bertz CT molecular complexity index is 334. The molecule has 1 heterocycles. The summed E-state index contributed by atoms with van der Waals surface area (Å²) in [6.07, 6.45) is 2.63. The van der Waals surface area contributed by atoms with E-state index >= 15 is 0 Å². The molecule has 1 aliphatic rings. The lowest BCUT2D eigenvalue weighted by molar-refractivity contribution is -0.116. The second kappa shape index (κ2) is 5.51. The molecule has 3 heteroatoms. The largest absolute Gasteiger partial charge is 0.377 e. The monoisotopic (exact) mass is 253 g/mol. The maximum Gasteiger partial charge on any atom is 0.0656 e. The lowest BCUT2D eigenvalue weighted by Gasteiger charge is -2.52. The predicted octanol–water partition coefficient (Wildman–Crippen LogP) is 3.08. The van der Waals surface area contributed by atoms with Crippen molar-refractivity contribution < 1.29 is 4.74 Å². The third-order valence-corrected chi connectivity index (χ3v) is 4.81. The van der Waals surface area contributed by atoms with E-state index in [1.807, 2.05) is 11.3 Å². The second-order valence-corrected chi connectivity index (χ2v) is 6.39. The van der Waals surface area contributed by atoms with Gasteiger partial charge in [0.1, 0.15) is 0 Å². The molecule has 0 amide bonds. The van der Waals surface area contributed by atoms with Crippen LogP contribution in [0.1, 0.15) is 32.1 Å². The second-order valence-electron chi connectivity index (χ2n) is 5.36. The maximum atomic E-state index is 6.01. The topological polar surface area (TPSA) is 21.3 Å². The van der Waals surface area contributed by atoms with Crippen molar-refractivity contribution in [2.45, 2.75) is 45.8 Å². The summed E-state index contributed by atoms with van der Waals surface area (Å²) in [6, 6.07) is 4.91. The number of nitrogens with one attached hydrogen (secondary N) is 1.